The molecule has 1 fully saturated rings. The van der Waals surface area contributed by atoms with Gasteiger partial charge in [-0.1, -0.05) is 0 Å². The van der Waals surface area contributed by atoms with Crippen LogP contribution < -0.4 is 10.1 Å². The van der Waals surface area contributed by atoms with Gasteiger partial charge in [0.25, 0.3) is 5.91 Å². The minimum Gasteiger partial charge on any atom is -0.476 e. The Hall–Kier alpha value is -1.73. The summed E-state index contributed by atoms with van der Waals surface area (Å²) < 4.78 is 5.42. The zero-order valence-electron chi connectivity index (χ0n) is 11.3. The molecule has 1 saturated carbocycles. The van der Waals surface area contributed by atoms with Crippen molar-refractivity contribution in [1.82, 2.24) is 15.3 Å². The van der Waals surface area contributed by atoms with Crippen molar-refractivity contribution < 1.29 is 19.7 Å². The smallest absolute Gasteiger partial charge is 0.271 e. The van der Waals surface area contributed by atoms with Gasteiger partial charge in [-0.25, -0.2) is 9.97 Å². The maximum atomic E-state index is 11.8. The third-order valence-corrected chi connectivity index (χ3v) is 3.12. The molecular weight excluding hydrogens is 262 g/mol. The zero-order valence-corrected chi connectivity index (χ0v) is 11.3. The van der Waals surface area contributed by atoms with E-state index in [1.54, 1.807) is 0 Å². The molecule has 2 rings (SSSR count). The quantitative estimate of drug-likeness (QED) is 0.636. The number of nitrogens with one attached hydrogen (secondary N) is 1. The first-order valence-electron chi connectivity index (χ1n) is 6.64. The second-order valence-corrected chi connectivity index (χ2v) is 5.00. The third kappa shape index (κ3) is 4.14. The van der Waals surface area contributed by atoms with E-state index >= 15 is 0 Å². The van der Waals surface area contributed by atoms with Gasteiger partial charge in [0.15, 0.2) is 0 Å². The molecule has 0 radical (unpaired) electrons. The van der Waals surface area contributed by atoms with Gasteiger partial charge in [-0.15, -0.1) is 0 Å². The van der Waals surface area contributed by atoms with Crippen molar-refractivity contribution >= 4 is 5.91 Å². The number of aliphatic hydroxyl groups is 2. The van der Waals surface area contributed by atoms with Crippen molar-refractivity contribution in [3.8, 4) is 5.88 Å². The second kappa shape index (κ2) is 6.62. The van der Waals surface area contributed by atoms with Crippen LogP contribution in [0.15, 0.2) is 12.4 Å². The van der Waals surface area contributed by atoms with Crippen LogP contribution in [0.2, 0.25) is 0 Å². The maximum absolute atomic E-state index is 11.8. The van der Waals surface area contributed by atoms with Gasteiger partial charge >= 0.3 is 0 Å². The Balaban J connectivity index is 1.88. The zero-order chi connectivity index (χ0) is 14.5. The third-order valence-electron chi connectivity index (χ3n) is 3.12. The fraction of sp³-hybridized carbons (Fsp3) is 0.615. The number of aromatic nitrogens is 2. The number of hydrogen-bond donors (Lipinski definition) is 3. The summed E-state index contributed by atoms with van der Waals surface area (Å²) >= 11 is 0. The Morgan fingerprint density at radius 1 is 1.50 bits per heavy atom. The summed E-state index contributed by atoms with van der Waals surface area (Å²) in [7, 11) is 0. The molecule has 3 N–H and O–H groups in total. The van der Waals surface area contributed by atoms with E-state index in [4.69, 9.17) is 9.84 Å². The molecule has 20 heavy (non-hydrogen) atoms. The van der Waals surface area contributed by atoms with E-state index < -0.39 is 18.1 Å². The fourth-order valence-electron chi connectivity index (χ4n) is 1.56. The van der Waals surface area contributed by atoms with Crippen LogP contribution in [-0.4, -0.2) is 51.4 Å². The summed E-state index contributed by atoms with van der Waals surface area (Å²) in [6, 6.07) is -0.727. The Morgan fingerprint density at radius 2 is 2.25 bits per heavy atom. The molecule has 1 aliphatic carbocycles. The molecule has 0 saturated heterocycles. The number of nitrogens with zero attached hydrogens (tertiary/aromatic N) is 2. The Labute approximate surface area is 117 Å². The van der Waals surface area contributed by atoms with E-state index in [0.717, 1.165) is 0 Å². The van der Waals surface area contributed by atoms with Crippen molar-refractivity contribution in [3.05, 3.63) is 18.1 Å². The summed E-state index contributed by atoms with van der Waals surface area (Å²) in [6.45, 7) is 1.77. The molecule has 1 amide bonds. The lowest BCUT2D eigenvalue weighted by Gasteiger charge is -2.18. The van der Waals surface area contributed by atoms with E-state index in [1.165, 1.54) is 32.2 Å². The number of amides is 1. The van der Waals surface area contributed by atoms with Crippen LogP contribution in [0.5, 0.6) is 5.88 Å². The molecule has 0 spiro atoms. The lowest BCUT2D eigenvalue weighted by Crippen LogP contribution is -2.44. The Bertz CT molecular complexity index is 445. The van der Waals surface area contributed by atoms with Crippen LogP contribution in [0.3, 0.4) is 0 Å². The first-order valence-corrected chi connectivity index (χ1v) is 6.64. The summed E-state index contributed by atoms with van der Waals surface area (Å²) in [5.41, 5.74) is 0.114. The number of carbonyl (C=O) groups excluding carboxylic acids is 1. The van der Waals surface area contributed by atoms with Gasteiger partial charge in [0.1, 0.15) is 5.69 Å². The molecule has 7 nitrogen and oxygen atoms in total. The average Bonchev–Trinajstić information content (AvgIpc) is 3.26. The van der Waals surface area contributed by atoms with E-state index in [1.807, 2.05) is 0 Å². The van der Waals surface area contributed by atoms with Gasteiger partial charge in [-0.3, -0.25) is 4.79 Å². The van der Waals surface area contributed by atoms with Crippen molar-refractivity contribution in [2.45, 2.75) is 31.9 Å². The van der Waals surface area contributed by atoms with Crippen LogP contribution in [0.4, 0.5) is 0 Å². The Kier molecular flexibility index (Phi) is 4.86. The van der Waals surface area contributed by atoms with Crippen LogP contribution in [0, 0.1) is 5.92 Å². The van der Waals surface area contributed by atoms with E-state index in [9.17, 15) is 9.90 Å². The van der Waals surface area contributed by atoms with Gasteiger partial charge < -0.3 is 20.3 Å². The average molecular weight is 281 g/mol. The normalized spacial score (nSPS) is 17.4. The van der Waals surface area contributed by atoms with E-state index in [-0.39, 0.29) is 12.3 Å². The molecule has 2 atom stereocenters. The summed E-state index contributed by atoms with van der Waals surface area (Å²) in [5.74, 6) is 0.519. The molecule has 1 aliphatic rings. The first-order chi connectivity index (χ1) is 9.60. The summed E-state index contributed by atoms with van der Waals surface area (Å²) in [5, 5.41) is 20.9. The standard InChI is InChI=1S/C13H19N3O4/c1-8(18)11(6-17)16-13(19)10-4-15-12(5-14-10)20-7-9-2-3-9/h4-5,8-9,11,17-18H,2-3,6-7H2,1H3,(H,16,19)/t8-,11-/m1/s1. The highest BCUT2D eigenvalue weighted by Crippen LogP contribution is 2.29. The van der Waals surface area contributed by atoms with Crippen molar-refractivity contribution in [3.63, 3.8) is 0 Å². The fourth-order valence-corrected chi connectivity index (χ4v) is 1.56. The van der Waals surface area contributed by atoms with Gasteiger partial charge in [-0.05, 0) is 25.7 Å². The SMILES string of the molecule is C[C@@H](O)[C@@H](CO)NC(=O)c1cnc(OCC2CC2)cn1. The molecule has 0 unspecified atom stereocenters. The van der Waals surface area contributed by atoms with Gasteiger partial charge in [0.05, 0.1) is 37.8 Å². The highest BCUT2D eigenvalue weighted by atomic mass is 16.5. The first kappa shape index (κ1) is 14.7. The highest BCUT2D eigenvalue weighted by molar-refractivity contribution is 5.92. The van der Waals surface area contributed by atoms with Crippen LogP contribution in [0.1, 0.15) is 30.3 Å². The second-order valence-electron chi connectivity index (χ2n) is 5.00. The molecule has 110 valence electrons. The van der Waals surface area contributed by atoms with Crippen LogP contribution in [0.25, 0.3) is 0 Å². The lowest BCUT2D eigenvalue weighted by atomic mass is 10.2. The summed E-state index contributed by atoms with van der Waals surface area (Å²) in [4.78, 5) is 19.8. The predicted molar refractivity (Wildman–Crippen MR) is 70.3 cm³/mol. The molecule has 7 heteroatoms. The molecule has 0 bridgehead atoms. The molecule has 0 aliphatic heterocycles. The van der Waals surface area contributed by atoms with Crippen molar-refractivity contribution in [2.75, 3.05) is 13.2 Å². The highest BCUT2D eigenvalue weighted by Gasteiger charge is 2.22. The lowest BCUT2D eigenvalue weighted by molar-refractivity contribution is 0.0753. The minimum atomic E-state index is -0.849. The van der Waals surface area contributed by atoms with Gasteiger partial charge in [0, 0.05) is 0 Å². The number of hydrogen-bond acceptors (Lipinski definition) is 6. The topological polar surface area (TPSA) is 105 Å². The number of rotatable bonds is 7. The molecule has 1 aromatic heterocycles. The minimum absolute atomic E-state index is 0.114. The predicted octanol–water partition coefficient (Wildman–Crippen LogP) is -0.263. The van der Waals surface area contributed by atoms with Gasteiger partial charge in [-0.2, -0.15) is 0 Å². The Morgan fingerprint density at radius 3 is 2.75 bits per heavy atom. The molecular formula is C13H19N3O4. The number of carbonyl (C=O) groups is 1. The molecule has 1 heterocycles. The van der Waals surface area contributed by atoms with E-state index in [2.05, 4.69) is 15.3 Å². The van der Waals surface area contributed by atoms with Crippen molar-refractivity contribution in [2.24, 2.45) is 5.92 Å². The summed E-state index contributed by atoms with van der Waals surface area (Å²) in [6.07, 6.45) is 4.24. The number of ether oxygens (including phenoxy) is 1. The molecule has 0 aromatic carbocycles. The monoisotopic (exact) mass is 281 g/mol. The molecule has 1 aromatic rings. The van der Waals surface area contributed by atoms with E-state index in [0.29, 0.717) is 18.4 Å². The largest absolute Gasteiger partial charge is 0.476 e. The number of aliphatic hydroxyl groups excluding tert-OH is 2. The maximum Gasteiger partial charge on any atom is 0.271 e. The van der Waals surface area contributed by atoms with Crippen LogP contribution >= 0.6 is 0 Å². The van der Waals surface area contributed by atoms with Crippen LogP contribution in [-0.2, 0) is 0 Å². The van der Waals surface area contributed by atoms with Crippen molar-refractivity contribution in [1.29, 1.82) is 0 Å². The van der Waals surface area contributed by atoms with Gasteiger partial charge in [0.2, 0.25) is 5.88 Å².